The summed E-state index contributed by atoms with van der Waals surface area (Å²) in [4.78, 5) is 18.6. The lowest BCUT2D eigenvalue weighted by atomic mass is 10.1. The average molecular weight is 404 g/mol. The van der Waals surface area contributed by atoms with E-state index in [2.05, 4.69) is 27.9 Å². The van der Waals surface area contributed by atoms with E-state index in [-0.39, 0.29) is 5.91 Å². The molecule has 146 valence electrons. The van der Waals surface area contributed by atoms with Crippen LogP contribution in [-0.2, 0) is 6.42 Å². The Balaban J connectivity index is 1.50. The molecule has 0 aliphatic rings. The summed E-state index contributed by atoms with van der Waals surface area (Å²) in [6, 6.07) is 21.0. The highest BCUT2D eigenvalue weighted by atomic mass is 32.1. The van der Waals surface area contributed by atoms with Crippen LogP contribution in [0.25, 0.3) is 11.3 Å². The van der Waals surface area contributed by atoms with E-state index in [1.54, 1.807) is 40.9 Å². The van der Waals surface area contributed by atoms with Gasteiger partial charge in [-0.05, 0) is 72.8 Å². The topological polar surface area (TPSA) is 58.4 Å². The maximum absolute atomic E-state index is 13.1. The second-order valence-corrected chi connectivity index (χ2v) is 7.50. The lowest BCUT2D eigenvalue weighted by Crippen LogP contribution is -2.44. The van der Waals surface area contributed by atoms with Gasteiger partial charge in [0.25, 0.3) is 5.91 Å². The zero-order valence-corrected chi connectivity index (χ0v) is 16.6. The lowest BCUT2D eigenvalue weighted by molar-refractivity contribution is 0.0969. The number of aryl methyl sites for hydroxylation is 1. The second-order valence-electron chi connectivity index (χ2n) is 6.47. The highest BCUT2D eigenvalue weighted by Gasteiger charge is 2.19. The van der Waals surface area contributed by atoms with Crippen molar-refractivity contribution in [3.8, 4) is 11.3 Å². The normalized spacial score (nSPS) is 10.8. The molecule has 1 amide bonds. The number of nitrogens with zero attached hydrogens (tertiary/aromatic N) is 2. The quantitative estimate of drug-likeness (QED) is 0.325. The fourth-order valence-electron chi connectivity index (χ4n) is 3.01. The maximum Gasteiger partial charge on any atom is 0.291 e. The molecule has 0 saturated heterocycles. The van der Waals surface area contributed by atoms with Gasteiger partial charge in [-0.15, -0.1) is 11.3 Å². The first kappa shape index (κ1) is 19.1. The number of amides is 1. The monoisotopic (exact) mass is 403 g/mol. The van der Waals surface area contributed by atoms with Gasteiger partial charge in [0.15, 0.2) is 0 Å². The molecular weight excluding hydrogens is 382 g/mol. The number of aromatic nitrogens is 1. The molecule has 5 nitrogen and oxygen atoms in total. The zero-order chi connectivity index (χ0) is 19.9. The van der Waals surface area contributed by atoms with Gasteiger partial charge >= 0.3 is 0 Å². The Morgan fingerprint density at radius 2 is 1.93 bits per heavy atom. The van der Waals surface area contributed by atoms with Gasteiger partial charge in [-0.25, -0.2) is 10.4 Å². The van der Waals surface area contributed by atoms with Crippen molar-refractivity contribution in [3.05, 3.63) is 95.1 Å². The van der Waals surface area contributed by atoms with Crippen LogP contribution in [0.5, 0.6) is 0 Å². The molecule has 3 aromatic heterocycles. The molecule has 0 unspecified atom stereocenters. The minimum atomic E-state index is -0.188. The molecule has 0 saturated carbocycles. The number of carbonyl (C=O) groups is 1. The van der Waals surface area contributed by atoms with Gasteiger partial charge in [0.1, 0.15) is 11.5 Å². The Morgan fingerprint density at radius 1 is 1.03 bits per heavy atom. The molecule has 1 N–H and O–H groups in total. The largest absolute Gasteiger partial charge is 0.464 e. The number of thiophene rings is 1. The molecule has 29 heavy (non-hydrogen) atoms. The van der Waals surface area contributed by atoms with Crippen molar-refractivity contribution in [1.29, 1.82) is 0 Å². The number of pyridine rings is 1. The molecule has 0 aliphatic carbocycles. The average Bonchev–Trinajstić information content (AvgIpc) is 3.49. The van der Waals surface area contributed by atoms with Crippen molar-refractivity contribution in [2.24, 2.45) is 0 Å². The van der Waals surface area contributed by atoms with Gasteiger partial charge in [0.05, 0.1) is 12.0 Å². The lowest BCUT2D eigenvalue weighted by Gasteiger charge is -2.23. The van der Waals surface area contributed by atoms with Crippen LogP contribution in [-0.4, -0.2) is 17.4 Å². The zero-order valence-electron chi connectivity index (χ0n) is 15.8. The first-order valence-electron chi connectivity index (χ1n) is 9.46. The van der Waals surface area contributed by atoms with E-state index in [1.807, 2.05) is 42.5 Å². The van der Waals surface area contributed by atoms with Crippen molar-refractivity contribution in [2.45, 2.75) is 12.8 Å². The molecule has 0 fully saturated rings. The molecule has 3 heterocycles. The summed E-state index contributed by atoms with van der Waals surface area (Å²) in [6.45, 7) is 0.677. The third kappa shape index (κ3) is 4.80. The summed E-state index contributed by atoms with van der Waals surface area (Å²) in [6.07, 6.45) is 5.18. The Bertz CT molecular complexity index is 1010. The van der Waals surface area contributed by atoms with Crippen molar-refractivity contribution < 1.29 is 9.21 Å². The number of anilines is 1. The molecule has 0 aliphatic heterocycles. The van der Waals surface area contributed by atoms with Crippen LogP contribution < -0.4 is 10.4 Å². The van der Waals surface area contributed by atoms with Crippen molar-refractivity contribution in [2.75, 3.05) is 11.6 Å². The van der Waals surface area contributed by atoms with Crippen LogP contribution in [0.15, 0.2) is 89.0 Å². The first-order chi connectivity index (χ1) is 14.3. The predicted octanol–water partition coefficient (Wildman–Crippen LogP) is 5.19. The summed E-state index contributed by atoms with van der Waals surface area (Å²) in [5.74, 6) is 0.607. The second kappa shape index (κ2) is 9.32. The van der Waals surface area contributed by atoms with E-state index in [4.69, 9.17) is 4.42 Å². The Kier molecular flexibility index (Phi) is 6.14. The maximum atomic E-state index is 13.1. The fraction of sp³-hybridized carbons (Fsp3) is 0.130. The third-order valence-corrected chi connectivity index (χ3v) is 5.40. The van der Waals surface area contributed by atoms with Crippen LogP contribution in [0.3, 0.4) is 0 Å². The van der Waals surface area contributed by atoms with Crippen LogP contribution in [0, 0.1) is 0 Å². The Hall–Kier alpha value is -3.22. The standard InChI is InChI=1S/C23H21N3O2S/c27-23(21-8-1-2-14-24-21)26(25-15-3-6-20-7-5-17-29-20)19-12-10-18(11-13-19)22-9-4-16-28-22/h1-2,4-5,7-14,16-17,25H,3,6,15H2. The van der Waals surface area contributed by atoms with Gasteiger partial charge in [-0.2, -0.15) is 0 Å². The number of benzene rings is 1. The van der Waals surface area contributed by atoms with E-state index in [9.17, 15) is 4.79 Å². The van der Waals surface area contributed by atoms with Gasteiger partial charge in [-0.1, -0.05) is 12.1 Å². The highest BCUT2D eigenvalue weighted by molar-refractivity contribution is 7.09. The van der Waals surface area contributed by atoms with E-state index < -0.39 is 0 Å². The molecule has 4 aromatic rings. The van der Waals surface area contributed by atoms with Crippen molar-refractivity contribution in [3.63, 3.8) is 0 Å². The van der Waals surface area contributed by atoms with Gasteiger partial charge in [-0.3, -0.25) is 9.78 Å². The van der Waals surface area contributed by atoms with Crippen LogP contribution >= 0.6 is 11.3 Å². The number of rotatable bonds is 8. The summed E-state index contributed by atoms with van der Waals surface area (Å²) in [7, 11) is 0. The number of furan rings is 1. The third-order valence-electron chi connectivity index (χ3n) is 4.47. The van der Waals surface area contributed by atoms with Crippen LogP contribution in [0.1, 0.15) is 21.8 Å². The summed E-state index contributed by atoms with van der Waals surface area (Å²) >= 11 is 1.75. The predicted molar refractivity (Wildman–Crippen MR) is 116 cm³/mol. The Labute approximate surface area is 173 Å². The van der Waals surface area contributed by atoms with Gasteiger partial charge < -0.3 is 4.42 Å². The molecule has 1 aromatic carbocycles. The van der Waals surface area contributed by atoms with Crippen LogP contribution in [0.2, 0.25) is 0 Å². The van der Waals surface area contributed by atoms with E-state index >= 15 is 0 Å². The smallest absolute Gasteiger partial charge is 0.291 e. The van der Waals surface area contributed by atoms with E-state index in [0.29, 0.717) is 12.2 Å². The van der Waals surface area contributed by atoms with E-state index in [1.165, 1.54) is 4.88 Å². The van der Waals surface area contributed by atoms with E-state index in [0.717, 1.165) is 29.9 Å². The number of hydrogen-bond donors (Lipinski definition) is 1. The number of carbonyl (C=O) groups excluding carboxylic acids is 1. The SMILES string of the molecule is O=C(c1ccccn1)N(NCCCc1cccs1)c1ccc(-c2ccco2)cc1. The summed E-state index contributed by atoms with van der Waals surface area (Å²) < 4.78 is 5.45. The summed E-state index contributed by atoms with van der Waals surface area (Å²) in [5.41, 5.74) is 5.39. The Morgan fingerprint density at radius 3 is 2.62 bits per heavy atom. The molecule has 4 rings (SSSR count). The first-order valence-corrected chi connectivity index (χ1v) is 10.3. The number of hydrazine groups is 1. The molecule has 6 heteroatoms. The highest BCUT2D eigenvalue weighted by Crippen LogP contribution is 2.23. The minimum absolute atomic E-state index is 0.188. The summed E-state index contributed by atoms with van der Waals surface area (Å²) in [5, 5.41) is 3.66. The molecular formula is C23H21N3O2S. The van der Waals surface area contributed by atoms with Crippen LogP contribution in [0.4, 0.5) is 5.69 Å². The molecule has 0 bridgehead atoms. The number of hydrogen-bond acceptors (Lipinski definition) is 5. The molecule has 0 spiro atoms. The molecule has 0 radical (unpaired) electrons. The minimum Gasteiger partial charge on any atom is -0.464 e. The van der Waals surface area contributed by atoms with Crippen molar-refractivity contribution in [1.82, 2.24) is 10.4 Å². The number of nitrogens with one attached hydrogen (secondary N) is 1. The van der Waals surface area contributed by atoms with Gasteiger partial charge in [0.2, 0.25) is 0 Å². The fourth-order valence-corrected chi connectivity index (χ4v) is 3.76. The molecule has 0 atom stereocenters. The van der Waals surface area contributed by atoms with Gasteiger partial charge in [0, 0.05) is 23.2 Å². The van der Waals surface area contributed by atoms with Crippen molar-refractivity contribution >= 4 is 22.9 Å².